The van der Waals surface area contributed by atoms with Crippen LogP contribution in [0.3, 0.4) is 0 Å². The molecule has 0 radical (unpaired) electrons. The fourth-order valence-electron chi connectivity index (χ4n) is 1.67. The molecule has 0 saturated carbocycles. The first-order valence-corrected chi connectivity index (χ1v) is 5.78. The molecule has 0 unspecified atom stereocenters. The van der Waals surface area contributed by atoms with E-state index in [-0.39, 0.29) is 0 Å². The minimum atomic E-state index is -2.98. The van der Waals surface area contributed by atoms with Gasteiger partial charge in [0.2, 0.25) is 10.0 Å². The lowest BCUT2D eigenvalue weighted by Crippen LogP contribution is -2.31. The number of sulfonamides is 1. The van der Waals surface area contributed by atoms with E-state index in [1.807, 2.05) is 0 Å². The van der Waals surface area contributed by atoms with Gasteiger partial charge in [-0.15, -0.1) is 0 Å². The van der Waals surface area contributed by atoms with Crippen molar-refractivity contribution in [3.05, 3.63) is 11.1 Å². The lowest BCUT2D eigenvalue weighted by atomic mass is 10.2. The maximum atomic E-state index is 11.1. The van der Waals surface area contributed by atoms with E-state index in [9.17, 15) is 8.42 Å². The van der Waals surface area contributed by atoms with Crippen LogP contribution in [-0.2, 0) is 10.0 Å². The number of rotatable bonds is 1. The van der Waals surface area contributed by atoms with Gasteiger partial charge in [0.1, 0.15) is 0 Å². The molecular formula is C7H12N2O2S. The average Bonchev–Trinajstić information content (AvgIpc) is 2.37. The number of hydrogen-bond donors (Lipinski definition) is 1. The summed E-state index contributed by atoms with van der Waals surface area (Å²) in [7, 11) is -2.98. The van der Waals surface area contributed by atoms with Crippen molar-refractivity contribution in [1.82, 2.24) is 9.62 Å². The summed E-state index contributed by atoms with van der Waals surface area (Å²) in [6.07, 6.45) is 1.27. The second kappa shape index (κ2) is 2.55. The molecule has 68 valence electrons. The van der Waals surface area contributed by atoms with Gasteiger partial charge in [-0.25, -0.2) is 8.42 Å². The molecule has 0 aromatic rings. The molecule has 1 N–H and O–H groups in total. The molecule has 0 bridgehead atoms. The van der Waals surface area contributed by atoms with E-state index >= 15 is 0 Å². The molecule has 2 aliphatic rings. The number of hydrogen-bond acceptors (Lipinski definition) is 3. The summed E-state index contributed by atoms with van der Waals surface area (Å²) in [4.78, 5) is 0. The van der Waals surface area contributed by atoms with Crippen LogP contribution in [0.4, 0.5) is 0 Å². The van der Waals surface area contributed by atoms with Crippen molar-refractivity contribution in [2.75, 3.05) is 32.4 Å². The van der Waals surface area contributed by atoms with Gasteiger partial charge in [-0.05, 0) is 11.1 Å². The van der Waals surface area contributed by atoms with Crippen LogP contribution in [0, 0.1) is 0 Å². The van der Waals surface area contributed by atoms with Gasteiger partial charge in [-0.2, -0.15) is 4.31 Å². The highest BCUT2D eigenvalue weighted by Crippen LogP contribution is 2.21. The summed E-state index contributed by atoms with van der Waals surface area (Å²) in [5, 5.41) is 3.20. The highest BCUT2D eigenvalue weighted by atomic mass is 32.2. The average molecular weight is 188 g/mol. The Bertz CT molecular complexity index is 315. The lowest BCUT2D eigenvalue weighted by Gasteiger charge is -2.14. The molecule has 0 amide bonds. The summed E-state index contributed by atoms with van der Waals surface area (Å²) in [6.45, 7) is 2.92. The first-order chi connectivity index (χ1) is 5.57. The first kappa shape index (κ1) is 8.22. The fourth-order valence-corrected chi connectivity index (χ4v) is 2.45. The van der Waals surface area contributed by atoms with Crippen LogP contribution in [0.5, 0.6) is 0 Å². The minimum Gasteiger partial charge on any atom is -0.309 e. The van der Waals surface area contributed by atoms with E-state index in [1.165, 1.54) is 21.7 Å². The molecule has 2 aliphatic heterocycles. The number of nitrogens with one attached hydrogen (secondary N) is 1. The zero-order valence-corrected chi connectivity index (χ0v) is 7.82. The summed E-state index contributed by atoms with van der Waals surface area (Å²) in [5.41, 5.74) is 2.53. The first-order valence-electron chi connectivity index (χ1n) is 3.93. The van der Waals surface area contributed by atoms with E-state index in [0.29, 0.717) is 13.1 Å². The lowest BCUT2D eigenvalue weighted by molar-refractivity contribution is 0.479. The van der Waals surface area contributed by atoms with Crippen LogP contribution in [-0.4, -0.2) is 45.2 Å². The molecule has 0 saturated heterocycles. The second-order valence-corrected chi connectivity index (χ2v) is 5.32. The van der Waals surface area contributed by atoms with Crippen molar-refractivity contribution in [3.8, 4) is 0 Å². The predicted octanol–water partition coefficient (Wildman–Crippen LogP) is -0.839. The van der Waals surface area contributed by atoms with Crippen LogP contribution in [0.1, 0.15) is 0 Å². The normalized spacial score (nSPS) is 25.1. The Labute approximate surface area is 72.3 Å². The Balaban J connectivity index is 2.14. The Morgan fingerprint density at radius 1 is 1.25 bits per heavy atom. The van der Waals surface area contributed by atoms with E-state index in [0.717, 1.165) is 13.1 Å². The van der Waals surface area contributed by atoms with Crippen molar-refractivity contribution >= 4 is 10.0 Å². The molecule has 2 rings (SSSR count). The highest BCUT2D eigenvalue weighted by molar-refractivity contribution is 7.88. The standard InChI is InChI=1S/C7H12N2O2S/c1-12(10,11)9-4-6-2-8-3-7(6)5-9/h8H,2-5H2,1H3. The van der Waals surface area contributed by atoms with Crippen molar-refractivity contribution in [1.29, 1.82) is 0 Å². The summed E-state index contributed by atoms with van der Waals surface area (Å²) >= 11 is 0. The van der Waals surface area contributed by atoms with Gasteiger partial charge >= 0.3 is 0 Å². The van der Waals surface area contributed by atoms with Crippen LogP contribution < -0.4 is 5.32 Å². The third-order valence-electron chi connectivity index (χ3n) is 2.38. The molecular weight excluding hydrogens is 176 g/mol. The van der Waals surface area contributed by atoms with Crippen LogP contribution in [0.15, 0.2) is 11.1 Å². The summed E-state index contributed by atoms with van der Waals surface area (Å²) < 4.78 is 23.8. The zero-order chi connectivity index (χ0) is 8.77. The van der Waals surface area contributed by atoms with Crippen molar-refractivity contribution < 1.29 is 8.42 Å². The molecule has 2 heterocycles. The van der Waals surface area contributed by atoms with Crippen LogP contribution in [0.2, 0.25) is 0 Å². The minimum absolute atomic E-state index is 0.598. The van der Waals surface area contributed by atoms with E-state index < -0.39 is 10.0 Å². The fraction of sp³-hybridized carbons (Fsp3) is 0.714. The largest absolute Gasteiger partial charge is 0.309 e. The highest BCUT2D eigenvalue weighted by Gasteiger charge is 2.29. The maximum Gasteiger partial charge on any atom is 0.211 e. The maximum absolute atomic E-state index is 11.1. The van der Waals surface area contributed by atoms with E-state index in [1.54, 1.807) is 0 Å². The summed E-state index contributed by atoms with van der Waals surface area (Å²) in [5.74, 6) is 0. The molecule has 0 atom stereocenters. The van der Waals surface area contributed by atoms with Gasteiger partial charge in [0.05, 0.1) is 6.26 Å². The molecule has 0 aromatic heterocycles. The van der Waals surface area contributed by atoms with Gasteiger partial charge in [0.15, 0.2) is 0 Å². The molecule has 0 aliphatic carbocycles. The van der Waals surface area contributed by atoms with Crippen molar-refractivity contribution in [2.45, 2.75) is 0 Å². The predicted molar refractivity (Wildman–Crippen MR) is 46.3 cm³/mol. The molecule has 0 aromatic carbocycles. The topological polar surface area (TPSA) is 49.4 Å². The van der Waals surface area contributed by atoms with Crippen LogP contribution >= 0.6 is 0 Å². The zero-order valence-electron chi connectivity index (χ0n) is 7.00. The molecule has 4 nitrogen and oxygen atoms in total. The van der Waals surface area contributed by atoms with Crippen LogP contribution in [0.25, 0.3) is 0 Å². The Morgan fingerprint density at radius 3 is 2.17 bits per heavy atom. The molecule has 5 heteroatoms. The van der Waals surface area contributed by atoms with E-state index in [2.05, 4.69) is 5.32 Å². The second-order valence-electron chi connectivity index (χ2n) is 3.34. The van der Waals surface area contributed by atoms with Gasteiger partial charge in [-0.3, -0.25) is 0 Å². The SMILES string of the molecule is CS(=O)(=O)N1CC2=C(CNC2)C1. The quantitative estimate of drug-likeness (QED) is 0.546. The molecule has 12 heavy (non-hydrogen) atoms. The van der Waals surface area contributed by atoms with E-state index in [4.69, 9.17) is 0 Å². The van der Waals surface area contributed by atoms with Gasteiger partial charge in [0.25, 0.3) is 0 Å². The Morgan fingerprint density at radius 2 is 1.75 bits per heavy atom. The summed E-state index contributed by atoms with van der Waals surface area (Å²) in [6, 6.07) is 0. The van der Waals surface area contributed by atoms with Gasteiger partial charge in [-0.1, -0.05) is 0 Å². The van der Waals surface area contributed by atoms with Gasteiger partial charge in [0, 0.05) is 26.2 Å². The molecule has 0 spiro atoms. The third-order valence-corrected chi connectivity index (χ3v) is 3.58. The Hall–Kier alpha value is -0.390. The smallest absolute Gasteiger partial charge is 0.211 e. The van der Waals surface area contributed by atoms with Gasteiger partial charge < -0.3 is 5.32 Å². The van der Waals surface area contributed by atoms with Crippen molar-refractivity contribution in [3.63, 3.8) is 0 Å². The molecule has 0 fully saturated rings. The third kappa shape index (κ3) is 1.28. The van der Waals surface area contributed by atoms with Crippen molar-refractivity contribution in [2.24, 2.45) is 0 Å². The monoisotopic (exact) mass is 188 g/mol. The Kier molecular flexibility index (Phi) is 1.75. The number of nitrogens with zero attached hydrogens (tertiary/aromatic N) is 1.